The van der Waals surface area contributed by atoms with Crippen molar-refractivity contribution in [3.63, 3.8) is 0 Å². The molecule has 0 aromatic heterocycles. The van der Waals surface area contributed by atoms with Crippen LogP contribution in [-0.4, -0.2) is 73.3 Å². The number of allylic oxidation sites excluding steroid dienone is 1. The van der Waals surface area contributed by atoms with Crippen molar-refractivity contribution in [2.75, 3.05) is 57.3 Å². The van der Waals surface area contributed by atoms with E-state index in [1.54, 1.807) is 0 Å². The summed E-state index contributed by atoms with van der Waals surface area (Å²) in [5.41, 5.74) is 6.29. The number of carboxylic acids is 1. The number of carboxylic acid groups (broad SMARTS) is 1. The van der Waals surface area contributed by atoms with E-state index in [9.17, 15) is 9.90 Å². The SMILES string of the molecule is CCN(CC)CCOc1ccc2c(c1)N(CCN(CC)CC)C1=Cc3ccccc3CC1=C2C(=O)O. The molecule has 4 rings (SSSR count). The topological polar surface area (TPSA) is 56.2 Å². The first-order valence-corrected chi connectivity index (χ1v) is 13.3. The van der Waals surface area contributed by atoms with Gasteiger partial charge < -0.3 is 24.5 Å². The lowest BCUT2D eigenvalue weighted by atomic mass is 9.82. The number of ether oxygens (including phenoxy) is 1. The standard InChI is InChI=1S/C30H39N3O3/c1-5-31(6-2)15-16-33-27-20-23-12-10-9-11-22(23)19-26(27)29(30(34)35)25-14-13-24(21-28(25)33)36-18-17-32(7-3)8-4/h9-14,20-21H,5-8,15-19H2,1-4H3,(H,34,35). The molecule has 2 aromatic carbocycles. The zero-order valence-corrected chi connectivity index (χ0v) is 22.1. The average molecular weight is 490 g/mol. The van der Waals surface area contributed by atoms with Crippen LogP contribution in [0, 0.1) is 0 Å². The second-order valence-corrected chi connectivity index (χ2v) is 9.30. The Labute approximate surface area is 215 Å². The Morgan fingerprint density at radius 1 is 0.972 bits per heavy atom. The van der Waals surface area contributed by atoms with Crippen LogP contribution in [0.5, 0.6) is 5.75 Å². The van der Waals surface area contributed by atoms with Crippen LogP contribution in [0.3, 0.4) is 0 Å². The molecule has 6 heteroatoms. The third-order valence-electron chi connectivity index (χ3n) is 7.46. The van der Waals surface area contributed by atoms with Gasteiger partial charge >= 0.3 is 5.97 Å². The van der Waals surface area contributed by atoms with Gasteiger partial charge in [0, 0.05) is 43.4 Å². The highest BCUT2D eigenvalue weighted by Gasteiger charge is 2.34. The van der Waals surface area contributed by atoms with Crippen molar-refractivity contribution in [3.8, 4) is 5.75 Å². The van der Waals surface area contributed by atoms with Gasteiger partial charge in [-0.05, 0) is 61.1 Å². The first-order chi connectivity index (χ1) is 17.5. The first kappa shape index (κ1) is 26.0. The van der Waals surface area contributed by atoms with E-state index in [2.05, 4.69) is 60.6 Å². The predicted molar refractivity (Wildman–Crippen MR) is 148 cm³/mol. The van der Waals surface area contributed by atoms with Crippen LogP contribution in [0.15, 0.2) is 53.7 Å². The van der Waals surface area contributed by atoms with E-state index in [1.165, 1.54) is 5.56 Å². The molecule has 1 aliphatic heterocycles. The summed E-state index contributed by atoms with van der Waals surface area (Å²) in [5, 5.41) is 10.3. The Morgan fingerprint density at radius 2 is 1.67 bits per heavy atom. The summed E-state index contributed by atoms with van der Waals surface area (Å²) in [7, 11) is 0. The number of anilines is 1. The van der Waals surface area contributed by atoms with Crippen LogP contribution in [0.1, 0.15) is 44.4 Å². The minimum atomic E-state index is -0.880. The minimum Gasteiger partial charge on any atom is -0.492 e. The molecule has 0 unspecified atom stereocenters. The fraction of sp³-hybridized carbons (Fsp3) is 0.433. The molecule has 36 heavy (non-hydrogen) atoms. The van der Waals surface area contributed by atoms with E-state index in [1.807, 2.05) is 30.3 Å². The molecule has 1 aliphatic carbocycles. The van der Waals surface area contributed by atoms with Gasteiger partial charge in [0.25, 0.3) is 0 Å². The zero-order valence-electron chi connectivity index (χ0n) is 22.1. The lowest BCUT2D eigenvalue weighted by molar-refractivity contribution is -0.130. The molecule has 0 radical (unpaired) electrons. The molecule has 0 spiro atoms. The summed E-state index contributed by atoms with van der Waals surface area (Å²) in [4.78, 5) is 19.6. The molecule has 192 valence electrons. The molecule has 0 saturated heterocycles. The first-order valence-electron chi connectivity index (χ1n) is 13.3. The summed E-state index contributed by atoms with van der Waals surface area (Å²) in [6.45, 7) is 15.8. The van der Waals surface area contributed by atoms with E-state index < -0.39 is 5.97 Å². The molecule has 2 aromatic rings. The predicted octanol–water partition coefficient (Wildman–Crippen LogP) is 5.00. The van der Waals surface area contributed by atoms with Gasteiger partial charge in [-0.3, -0.25) is 0 Å². The molecule has 6 nitrogen and oxygen atoms in total. The Bertz CT molecular complexity index is 1150. The maximum absolute atomic E-state index is 12.6. The van der Waals surface area contributed by atoms with Crippen molar-refractivity contribution < 1.29 is 14.6 Å². The molecule has 0 amide bonds. The number of benzene rings is 2. The summed E-state index contributed by atoms with van der Waals surface area (Å²) in [5.74, 6) is -0.103. The number of rotatable bonds is 12. The highest BCUT2D eigenvalue weighted by molar-refractivity contribution is 6.21. The van der Waals surface area contributed by atoms with Crippen LogP contribution in [-0.2, 0) is 11.2 Å². The van der Waals surface area contributed by atoms with Gasteiger partial charge in [-0.1, -0.05) is 52.0 Å². The van der Waals surface area contributed by atoms with Gasteiger partial charge in [0.2, 0.25) is 0 Å². The smallest absolute Gasteiger partial charge is 0.336 e. The molecular weight excluding hydrogens is 450 g/mol. The summed E-state index contributed by atoms with van der Waals surface area (Å²) in [6, 6.07) is 14.2. The fourth-order valence-electron chi connectivity index (χ4n) is 5.24. The van der Waals surface area contributed by atoms with Gasteiger partial charge in [0.1, 0.15) is 12.4 Å². The molecule has 0 fully saturated rings. The number of aliphatic carboxylic acids is 1. The maximum Gasteiger partial charge on any atom is 0.336 e. The van der Waals surface area contributed by atoms with Crippen LogP contribution < -0.4 is 9.64 Å². The van der Waals surface area contributed by atoms with Crippen molar-refractivity contribution in [1.82, 2.24) is 9.80 Å². The number of likely N-dealkylation sites (N-methyl/N-ethyl adjacent to an activating group) is 2. The molecule has 0 saturated carbocycles. The Balaban J connectivity index is 1.75. The number of fused-ring (bicyclic) bond motifs is 3. The van der Waals surface area contributed by atoms with Gasteiger partial charge in [0.15, 0.2) is 0 Å². The third kappa shape index (κ3) is 5.35. The van der Waals surface area contributed by atoms with Crippen LogP contribution in [0.25, 0.3) is 11.6 Å². The van der Waals surface area contributed by atoms with Crippen molar-refractivity contribution in [3.05, 3.63) is 70.4 Å². The monoisotopic (exact) mass is 489 g/mol. The third-order valence-corrected chi connectivity index (χ3v) is 7.46. The lowest BCUT2D eigenvalue weighted by Crippen LogP contribution is -2.38. The van der Waals surface area contributed by atoms with E-state index in [0.717, 1.165) is 79.6 Å². The number of nitrogens with zero attached hydrogens (tertiary/aromatic N) is 3. The van der Waals surface area contributed by atoms with Gasteiger partial charge in [-0.15, -0.1) is 0 Å². The van der Waals surface area contributed by atoms with Crippen LogP contribution in [0.2, 0.25) is 0 Å². The van der Waals surface area contributed by atoms with Gasteiger partial charge in [0.05, 0.1) is 11.3 Å². The second kappa shape index (κ2) is 11.8. The van der Waals surface area contributed by atoms with Crippen LogP contribution in [0.4, 0.5) is 5.69 Å². The van der Waals surface area contributed by atoms with E-state index in [4.69, 9.17) is 4.74 Å². The van der Waals surface area contributed by atoms with Gasteiger partial charge in [-0.25, -0.2) is 4.79 Å². The quantitative estimate of drug-likeness (QED) is 0.453. The Hall–Kier alpha value is -3.09. The molecule has 0 bridgehead atoms. The highest BCUT2D eigenvalue weighted by Crippen LogP contribution is 2.45. The van der Waals surface area contributed by atoms with Crippen LogP contribution >= 0.6 is 0 Å². The maximum atomic E-state index is 12.6. The minimum absolute atomic E-state index is 0.402. The summed E-state index contributed by atoms with van der Waals surface area (Å²) >= 11 is 0. The lowest BCUT2D eigenvalue weighted by Gasteiger charge is -2.39. The summed E-state index contributed by atoms with van der Waals surface area (Å²) < 4.78 is 6.15. The average Bonchev–Trinajstić information content (AvgIpc) is 2.89. The molecule has 2 aliphatic rings. The number of hydrogen-bond acceptors (Lipinski definition) is 5. The van der Waals surface area contributed by atoms with Crippen molar-refractivity contribution in [2.24, 2.45) is 0 Å². The molecular formula is C30H39N3O3. The molecule has 1 N–H and O–H groups in total. The van der Waals surface area contributed by atoms with E-state index in [-0.39, 0.29) is 0 Å². The normalized spacial score (nSPS) is 14.5. The highest BCUT2D eigenvalue weighted by atomic mass is 16.5. The van der Waals surface area contributed by atoms with E-state index >= 15 is 0 Å². The Morgan fingerprint density at radius 3 is 2.36 bits per heavy atom. The van der Waals surface area contributed by atoms with E-state index in [0.29, 0.717) is 18.6 Å². The van der Waals surface area contributed by atoms with Crippen molar-refractivity contribution in [2.45, 2.75) is 34.1 Å². The van der Waals surface area contributed by atoms with Crippen molar-refractivity contribution in [1.29, 1.82) is 0 Å². The second-order valence-electron chi connectivity index (χ2n) is 9.30. The molecule has 1 heterocycles. The van der Waals surface area contributed by atoms with Crippen molar-refractivity contribution >= 4 is 23.3 Å². The Kier molecular flexibility index (Phi) is 8.49. The largest absolute Gasteiger partial charge is 0.492 e. The summed E-state index contributed by atoms with van der Waals surface area (Å²) in [6.07, 6.45) is 2.78. The number of carbonyl (C=O) groups is 1. The molecule has 0 atom stereocenters. The fourth-order valence-corrected chi connectivity index (χ4v) is 5.24. The number of hydrogen-bond donors (Lipinski definition) is 1. The van der Waals surface area contributed by atoms with Gasteiger partial charge in [-0.2, -0.15) is 0 Å². The zero-order chi connectivity index (χ0) is 25.7.